The summed E-state index contributed by atoms with van der Waals surface area (Å²) in [6, 6.07) is 10.1. The van der Waals surface area contributed by atoms with Gasteiger partial charge in [0.05, 0.1) is 13.2 Å². The minimum Gasteiger partial charge on any atom is -0.412 e. The molecule has 72 valence electrons. The first-order valence-corrected chi connectivity index (χ1v) is 4.05. The Labute approximate surface area is 79.2 Å². The van der Waals surface area contributed by atoms with E-state index in [1.807, 2.05) is 25.1 Å². The Balaban J connectivity index is 0.00000144. The fraction of sp³-hybridized carbons (Fsp3) is 0.273. The molecular formula is C11H16O2. The summed E-state index contributed by atoms with van der Waals surface area (Å²) in [5.74, 6) is 0. The molecule has 0 saturated carbocycles. The van der Waals surface area contributed by atoms with Crippen molar-refractivity contribution in [3.63, 3.8) is 0 Å². The summed E-state index contributed by atoms with van der Waals surface area (Å²) < 4.78 is 5.38. The monoisotopic (exact) mass is 180 g/mol. The molecule has 1 rings (SSSR count). The van der Waals surface area contributed by atoms with E-state index >= 15 is 0 Å². The van der Waals surface area contributed by atoms with Gasteiger partial charge in [0.15, 0.2) is 0 Å². The quantitative estimate of drug-likeness (QED) is 0.653. The Kier molecular flexibility index (Phi) is 5.85. The largest absolute Gasteiger partial charge is 0.412 e. The minimum absolute atomic E-state index is 0. The van der Waals surface area contributed by atoms with Crippen LogP contribution in [0.1, 0.15) is 12.5 Å². The van der Waals surface area contributed by atoms with Crippen molar-refractivity contribution in [1.82, 2.24) is 0 Å². The van der Waals surface area contributed by atoms with Crippen molar-refractivity contribution >= 4 is 0 Å². The Morgan fingerprint density at radius 3 is 2.46 bits per heavy atom. The molecule has 0 unspecified atom stereocenters. The maximum Gasteiger partial charge on any atom is 0.0721 e. The molecule has 0 amide bonds. The van der Waals surface area contributed by atoms with Crippen molar-refractivity contribution in [3.05, 3.63) is 48.0 Å². The van der Waals surface area contributed by atoms with Crippen molar-refractivity contribution in [3.8, 4) is 0 Å². The first kappa shape index (κ1) is 11.9. The van der Waals surface area contributed by atoms with Gasteiger partial charge in [0.1, 0.15) is 0 Å². The summed E-state index contributed by atoms with van der Waals surface area (Å²) in [6.45, 7) is 7.05. The average molecular weight is 180 g/mol. The van der Waals surface area contributed by atoms with Gasteiger partial charge in [-0.2, -0.15) is 0 Å². The molecule has 13 heavy (non-hydrogen) atoms. The normalized spacial score (nSPS) is 9.00. The molecule has 0 fully saturated rings. The second kappa shape index (κ2) is 6.40. The lowest BCUT2D eigenvalue weighted by molar-refractivity contribution is 0.143. The number of ether oxygens (including phenoxy) is 1. The summed E-state index contributed by atoms with van der Waals surface area (Å²) in [6.07, 6.45) is 0. The third-order valence-electron chi connectivity index (χ3n) is 1.46. The van der Waals surface area contributed by atoms with Gasteiger partial charge in [0.25, 0.3) is 0 Å². The van der Waals surface area contributed by atoms with Crippen molar-refractivity contribution in [2.45, 2.75) is 13.5 Å². The Bertz CT molecular complexity index is 242. The maximum absolute atomic E-state index is 5.38. The lowest BCUT2D eigenvalue weighted by atomic mass is 10.2. The topological polar surface area (TPSA) is 40.7 Å². The minimum atomic E-state index is 0. The van der Waals surface area contributed by atoms with E-state index in [1.54, 1.807) is 0 Å². The van der Waals surface area contributed by atoms with E-state index in [2.05, 4.69) is 18.7 Å². The zero-order chi connectivity index (χ0) is 8.81. The molecule has 0 aromatic heterocycles. The zero-order valence-electron chi connectivity index (χ0n) is 7.92. The van der Waals surface area contributed by atoms with Gasteiger partial charge in [-0.25, -0.2) is 0 Å². The maximum atomic E-state index is 5.38. The fourth-order valence-corrected chi connectivity index (χ4v) is 0.917. The molecule has 2 nitrogen and oxygen atoms in total. The standard InChI is InChI=1S/C11H14O.H2O/c1-10(2)8-12-9-11-6-4-3-5-7-11;/h3-7H,1,8-9H2,2H3;1H2. The highest BCUT2D eigenvalue weighted by molar-refractivity contribution is 5.13. The molecule has 2 N–H and O–H groups in total. The molecule has 0 bridgehead atoms. The Morgan fingerprint density at radius 2 is 1.92 bits per heavy atom. The van der Waals surface area contributed by atoms with E-state index in [1.165, 1.54) is 5.56 Å². The van der Waals surface area contributed by atoms with Crippen LogP contribution in [0.5, 0.6) is 0 Å². The fourth-order valence-electron chi connectivity index (χ4n) is 0.917. The van der Waals surface area contributed by atoms with Crippen LogP contribution in [-0.4, -0.2) is 12.1 Å². The lowest BCUT2D eigenvalue weighted by Gasteiger charge is -2.02. The third kappa shape index (κ3) is 5.17. The molecule has 0 spiro atoms. The van der Waals surface area contributed by atoms with Crippen molar-refractivity contribution in [2.24, 2.45) is 0 Å². The van der Waals surface area contributed by atoms with E-state index in [4.69, 9.17) is 4.74 Å². The predicted molar refractivity (Wildman–Crippen MR) is 54.5 cm³/mol. The van der Waals surface area contributed by atoms with Crippen molar-refractivity contribution in [2.75, 3.05) is 6.61 Å². The smallest absolute Gasteiger partial charge is 0.0721 e. The molecule has 0 atom stereocenters. The molecule has 1 aromatic carbocycles. The van der Waals surface area contributed by atoms with Crippen LogP contribution in [-0.2, 0) is 11.3 Å². The summed E-state index contributed by atoms with van der Waals surface area (Å²) >= 11 is 0. The first-order chi connectivity index (χ1) is 5.79. The van der Waals surface area contributed by atoms with Crippen LogP contribution < -0.4 is 0 Å². The van der Waals surface area contributed by atoms with E-state index in [0.29, 0.717) is 13.2 Å². The SMILES string of the molecule is C=C(C)COCc1ccccc1.O. The molecule has 0 saturated heterocycles. The van der Waals surface area contributed by atoms with E-state index in [9.17, 15) is 0 Å². The molecule has 0 aliphatic heterocycles. The summed E-state index contributed by atoms with van der Waals surface area (Å²) in [7, 11) is 0. The van der Waals surface area contributed by atoms with Gasteiger partial charge in [-0.1, -0.05) is 42.5 Å². The molecule has 0 heterocycles. The number of rotatable bonds is 4. The molecular weight excluding hydrogens is 164 g/mol. The average Bonchev–Trinajstić information content (AvgIpc) is 2.05. The van der Waals surface area contributed by atoms with Crippen LogP contribution in [0.15, 0.2) is 42.5 Å². The van der Waals surface area contributed by atoms with Gasteiger partial charge in [-0.05, 0) is 12.5 Å². The second-order valence-corrected chi connectivity index (χ2v) is 2.94. The van der Waals surface area contributed by atoms with Gasteiger partial charge in [0, 0.05) is 0 Å². The number of benzene rings is 1. The highest BCUT2D eigenvalue weighted by Crippen LogP contribution is 2.01. The van der Waals surface area contributed by atoms with E-state index in [0.717, 1.165) is 5.57 Å². The predicted octanol–water partition coefficient (Wildman–Crippen LogP) is 1.95. The molecule has 0 aliphatic rings. The van der Waals surface area contributed by atoms with Gasteiger partial charge in [-0.3, -0.25) is 0 Å². The summed E-state index contributed by atoms with van der Waals surface area (Å²) in [5, 5.41) is 0. The van der Waals surface area contributed by atoms with Crippen LogP contribution in [0.3, 0.4) is 0 Å². The summed E-state index contributed by atoms with van der Waals surface area (Å²) in [5.41, 5.74) is 2.27. The molecule has 0 aliphatic carbocycles. The Morgan fingerprint density at radius 1 is 1.31 bits per heavy atom. The van der Waals surface area contributed by atoms with Gasteiger partial charge in [0.2, 0.25) is 0 Å². The van der Waals surface area contributed by atoms with E-state index < -0.39 is 0 Å². The van der Waals surface area contributed by atoms with Gasteiger partial charge < -0.3 is 10.2 Å². The second-order valence-electron chi connectivity index (χ2n) is 2.94. The van der Waals surface area contributed by atoms with Crippen LogP contribution in [0.25, 0.3) is 0 Å². The Hall–Kier alpha value is -1.12. The number of hydrogen-bond donors (Lipinski definition) is 0. The van der Waals surface area contributed by atoms with Crippen LogP contribution in [0.4, 0.5) is 0 Å². The lowest BCUT2D eigenvalue weighted by Crippen LogP contribution is -1.95. The molecule has 1 aromatic rings. The third-order valence-corrected chi connectivity index (χ3v) is 1.46. The molecule has 2 heteroatoms. The van der Waals surface area contributed by atoms with Crippen LogP contribution in [0.2, 0.25) is 0 Å². The highest BCUT2D eigenvalue weighted by atomic mass is 16.5. The van der Waals surface area contributed by atoms with Crippen LogP contribution >= 0.6 is 0 Å². The van der Waals surface area contributed by atoms with Gasteiger partial charge >= 0.3 is 0 Å². The summed E-state index contributed by atoms with van der Waals surface area (Å²) in [4.78, 5) is 0. The highest BCUT2D eigenvalue weighted by Gasteiger charge is 1.90. The van der Waals surface area contributed by atoms with Crippen molar-refractivity contribution < 1.29 is 10.2 Å². The van der Waals surface area contributed by atoms with E-state index in [-0.39, 0.29) is 5.48 Å². The van der Waals surface area contributed by atoms with Crippen LogP contribution in [0, 0.1) is 0 Å². The first-order valence-electron chi connectivity index (χ1n) is 4.05. The molecule has 0 radical (unpaired) electrons. The zero-order valence-corrected chi connectivity index (χ0v) is 7.92. The number of hydrogen-bond acceptors (Lipinski definition) is 1. The van der Waals surface area contributed by atoms with Gasteiger partial charge in [-0.15, -0.1) is 0 Å². The van der Waals surface area contributed by atoms with Crippen molar-refractivity contribution in [1.29, 1.82) is 0 Å².